The Bertz CT molecular complexity index is 140. The Morgan fingerprint density at radius 3 is 2.00 bits per heavy atom. The fourth-order valence-electron chi connectivity index (χ4n) is 0.602. The van der Waals surface area contributed by atoms with E-state index in [2.05, 4.69) is 17.2 Å². The van der Waals surface area contributed by atoms with Crippen LogP contribution in [0.15, 0.2) is 12.4 Å². The zero-order valence-electron chi connectivity index (χ0n) is 4.73. The third-order valence-corrected chi connectivity index (χ3v) is 0.902. The molecule has 0 aromatic carbocycles. The van der Waals surface area contributed by atoms with Gasteiger partial charge in [0, 0.05) is 0 Å². The van der Waals surface area contributed by atoms with Gasteiger partial charge >= 0.3 is 0 Å². The molecule has 9 heavy (non-hydrogen) atoms. The maximum Gasteiger partial charge on any atom is 0.234 e. The lowest BCUT2D eigenvalue weighted by atomic mass is 10.3. The molecule has 2 amide bonds. The first-order chi connectivity index (χ1) is 4.18. The molecule has 1 fully saturated rings. The number of hydrogen-bond acceptors (Lipinski definition) is 2. The van der Waals surface area contributed by atoms with E-state index >= 15 is 0 Å². The molecule has 0 aliphatic carbocycles. The van der Waals surface area contributed by atoms with Crippen molar-refractivity contribution in [2.75, 3.05) is 0 Å². The monoisotopic (exact) mass is 126 g/mol. The fourth-order valence-corrected chi connectivity index (χ4v) is 0.602. The van der Waals surface area contributed by atoms with E-state index in [0.717, 1.165) is 0 Å². The Balaban J connectivity index is 2.64. The molecule has 0 aromatic heterocycles. The SMILES string of the molecule is C=C1NC(=O)CC(=O)N1. The highest BCUT2D eigenvalue weighted by Crippen LogP contribution is 1.91. The summed E-state index contributed by atoms with van der Waals surface area (Å²) in [6.45, 7) is 3.35. The molecule has 4 heteroatoms. The Morgan fingerprint density at radius 1 is 1.22 bits per heavy atom. The van der Waals surface area contributed by atoms with Crippen LogP contribution in [-0.4, -0.2) is 11.8 Å². The Morgan fingerprint density at radius 2 is 1.67 bits per heavy atom. The average Bonchev–Trinajstić information content (AvgIpc) is 1.59. The molecule has 1 aliphatic heterocycles. The molecule has 0 atom stereocenters. The second kappa shape index (κ2) is 1.89. The van der Waals surface area contributed by atoms with E-state index in [9.17, 15) is 9.59 Å². The van der Waals surface area contributed by atoms with Crippen molar-refractivity contribution in [1.82, 2.24) is 10.6 Å². The first-order valence-corrected chi connectivity index (χ1v) is 2.47. The van der Waals surface area contributed by atoms with Crippen molar-refractivity contribution in [3.8, 4) is 0 Å². The largest absolute Gasteiger partial charge is 0.312 e. The van der Waals surface area contributed by atoms with E-state index in [-0.39, 0.29) is 24.1 Å². The van der Waals surface area contributed by atoms with Gasteiger partial charge in [0.05, 0.1) is 0 Å². The minimum Gasteiger partial charge on any atom is -0.312 e. The summed E-state index contributed by atoms with van der Waals surface area (Å²) in [4.78, 5) is 20.9. The fraction of sp³-hybridized carbons (Fsp3) is 0.200. The van der Waals surface area contributed by atoms with Gasteiger partial charge in [0.25, 0.3) is 0 Å². The number of hydrogen-bond donors (Lipinski definition) is 2. The number of carbonyl (C=O) groups is 2. The molecule has 1 rings (SSSR count). The molecular formula is C5H6N2O2. The summed E-state index contributed by atoms with van der Waals surface area (Å²) < 4.78 is 0. The van der Waals surface area contributed by atoms with Crippen LogP contribution in [0, 0.1) is 0 Å². The minimum atomic E-state index is -0.302. The van der Waals surface area contributed by atoms with Crippen LogP contribution in [0.4, 0.5) is 0 Å². The normalized spacial score (nSPS) is 18.9. The number of nitrogens with one attached hydrogen (secondary N) is 2. The van der Waals surface area contributed by atoms with Gasteiger partial charge in [0.2, 0.25) is 11.8 Å². The van der Waals surface area contributed by atoms with Gasteiger partial charge in [-0.1, -0.05) is 6.58 Å². The predicted molar refractivity (Wildman–Crippen MR) is 30.0 cm³/mol. The molecule has 0 aromatic rings. The second-order valence-corrected chi connectivity index (χ2v) is 1.75. The van der Waals surface area contributed by atoms with E-state index in [4.69, 9.17) is 0 Å². The highest BCUT2D eigenvalue weighted by molar-refractivity contribution is 6.00. The van der Waals surface area contributed by atoms with Gasteiger partial charge in [-0.2, -0.15) is 0 Å². The summed E-state index contributed by atoms with van der Waals surface area (Å²) in [6, 6.07) is 0. The second-order valence-electron chi connectivity index (χ2n) is 1.75. The maximum absolute atomic E-state index is 10.5. The van der Waals surface area contributed by atoms with Crippen molar-refractivity contribution in [3.63, 3.8) is 0 Å². The molecule has 1 aliphatic rings. The van der Waals surface area contributed by atoms with Crippen molar-refractivity contribution in [1.29, 1.82) is 0 Å². The molecule has 0 unspecified atom stereocenters. The molecule has 2 N–H and O–H groups in total. The summed E-state index contributed by atoms with van der Waals surface area (Å²) in [6.07, 6.45) is -0.0982. The maximum atomic E-state index is 10.5. The zero-order valence-corrected chi connectivity index (χ0v) is 4.73. The van der Waals surface area contributed by atoms with Crippen LogP contribution < -0.4 is 10.6 Å². The van der Waals surface area contributed by atoms with E-state index in [1.165, 1.54) is 0 Å². The van der Waals surface area contributed by atoms with E-state index in [1.54, 1.807) is 0 Å². The van der Waals surface area contributed by atoms with Gasteiger partial charge < -0.3 is 10.6 Å². The van der Waals surface area contributed by atoms with E-state index in [1.807, 2.05) is 0 Å². The van der Waals surface area contributed by atoms with Crippen LogP contribution in [0.1, 0.15) is 6.42 Å². The number of carbonyl (C=O) groups excluding carboxylic acids is 2. The number of amides is 2. The Labute approximate surface area is 51.9 Å². The standard InChI is InChI=1S/C5H6N2O2/c1-3-6-4(8)2-5(9)7-3/h1-2H2,(H,6,8)(H,7,9). The van der Waals surface area contributed by atoms with Crippen molar-refractivity contribution in [2.45, 2.75) is 6.42 Å². The summed E-state index contributed by atoms with van der Waals surface area (Å²) in [5.41, 5.74) is 0. The molecule has 0 saturated carbocycles. The van der Waals surface area contributed by atoms with Crippen molar-refractivity contribution in [3.05, 3.63) is 12.4 Å². The molecule has 0 spiro atoms. The predicted octanol–water partition coefficient (Wildman–Crippen LogP) is -0.906. The van der Waals surface area contributed by atoms with Crippen LogP contribution in [-0.2, 0) is 9.59 Å². The van der Waals surface area contributed by atoms with Crippen LogP contribution in [0.25, 0.3) is 0 Å². The van der Waals surface area contributed by atoms with Gasteiger partial charge in [-0.05, 0) is 0 Å². The summed E-state index contributed by atoms with van der Waals surface area (Å²) in [5.74, 6) is -0.344. The van der Waals surface area contributed by atoms with Crippen molar-refractivity contribution < 1.29 is 9.59 Å². The number of rotatable bonds is 0. The molecule has 1 saturated heterocycles. The minimum absolute atomic E-state index is 0.0982. The molecule has 1 heterocycles. The lowest BCUT2D eigenvalue weighted by molar-refractivity contribution is -0.130. The van der Waals surface area contributed by atoms with Crippen molar-refractivity contribution in [2.24, 2.45) is 0 Å². The third kappa shape index (κ3) is 1.28. The lowest BCUT2D eigenvalue weighted by Crippen LogP contribution is -2.42. The van der Waals surface area contributed by atoms with E-state index in [0.29, 0.717) is 0 Å². The molecule has 48 valence electrons. The summed E-state index contributed by atoms with van der Waals surface area (Å²) in [7, 11) is 0. The average molecular weight is 126 g/mol. The zero-order chi connectivity index (χ0) is 6.85. The molecular weight excluding hydrogens is 120 g/mol. The van der Waals surface area contributed by atoms with Gasteiger partial charge in [-0.15, -0.1) is 0 Å². The smallest absolute Gasteiger partial charge is 0.234 e. The van der Waals surface area contributed by atoms with Crippen LogP contribution in [0.5, 0.6) is 0 Å². The van der Waals surface area contributed by atoms with Crippen LogP contribution in [0.3, 0.4) is 0 Å². The highest BCUT2D eigenvalue weighted by Gasteiger charge is 2.16. The van der Waals surface area contributed by atoms with Gasteiger partial charge in [-0.3, -0.25) is 9.59 Å². The molecule has 0 bridgehead atoms. The third-order valence-electron chi connectivity index (χ3n) is 0.902. The van der Waals surface area contributed by atoms with Gasteiger partial charge in [-0.25, -0.2) is 0 Å². The van der Waals surface area contributed by atoms with Crippen LogP contribution >= 0.6 is 0 Å². The Hall–Kier alpha value is -1.32. The molecule has 4 nitrogen and oxygen atoms in total. The first kappa shape index (κ1) is 5.81. The topological polar surface area (TPSA) is 58.2 Å². The molecule has 0 radical (unpaired) electrons. The summed E-state index contributed by atoms with van der Waals surface area (Å²) >= 11 is 0. The quantitative estimate of drug-likeness (QED) is 0.413. The lowest BCUT2D eigenvalue weighted by Gasteiger charge is -2.14. The Kier molecular flexibility index (Phi) is 1.22. The van der Waals surface area contributed by atoms with Gasteiger partial charge in [0.15, 0.2) is 0 Å². The first-order valence-electron chi connectivity index (χ1n) is 2.47. The summed E-state index contributed by atoms with van der Waals surface area (Å²) in [5, 5.41) is 4.69. The van der Waals surface area contributed by atoms with Crippen molar-refractivity contribution >= 4 is 11.8 Å². The highest BCUT2D eigenvalue weighted by atomic mass is 16.2. The van der Waals surface area contributed by atoms with E-state index < -0.39 is 0 Å². The van der Waals surface area contributed by atoms with Crippen LogP contribution in [0.2, 0.25) is 0 Å². The van der Waals surface area contributed by atoms with Gasteiger partial charge in [0.1, 0.15) is 12.2 Å².